The molecule has 1 N–H and O–H groups in total. The molecule has 0 fully saturated rings. The van der Waals surface area contributed by atoms with Crippen molar-refractivity contribution in [2.75, 3.05) is 0 Å². The van der Waals surface area contributed by atoms with Crippen molar-refractivity contribution in [1.29, 1.82) is 0 Å². The van der Waals surface area contributed by atoms with Gasteiger partial charge in [0.1, 0.15) is 5.58 Å². The number of hydrogen-bond donors (Lipinski definition) is 1. The van der Waals surface area contributed by atoms with Gasteiger partial charge in [0, 0.05) is 39.9 Å². The molecule has 0 saturated carbocycles. The molecule has 0 atom stereocenters. The average Bonchev–Trinajstić information content (AvgIpc) is 3.27. The Bertz CT molecular complexity index is 1160. The van der Waals surface area contributed by atoms with Gasteiger partial charge < -0.3 is 9.40 Å². The normalized spacial score (nSPS) is 11.3. The summed E-state index contributed by atoms with van der Waals surface area (Å²) < 4.78 is 5.41. The first-order valence-corrected chi connectivity index (χ1v) is 7.75. The van der Waals surface area contributed by atoms with Crippen molar-refractivity contribution >= 4 is 21.9 Å². The Morgan fingerprint density at radius 3 is 2.54 bits per heavy atom. The first-order chi connectivity index (χ1) is 11.9. The summed E-state index contributed by atoms with van der Waals surface area (Å²) in [6, 6.07) is 18.4. The lowest BCUT2D eigenvalue weighted by Gasteiger charge is -1.98. The van der Waals surface area contributed by atoms with Crippen LogP contribution in [0, 0.1) is 0 Å². The van der Waals surface area contributed by atoms with Crippen LogP contribution in [0.1, 0.15) is 0 Å². The molecule has 0 amide bonds. The highest BCUT2D eigenvalue weighted by atomic mass is 16.3. The monoisotopic (exact) mass is 311 g/mol. The van der Waals surface area contributed by atoms with Gasteiger partial charge in [0.25, 0.3) is 0 Å². The van der Waals surface area contributed by atoms with Crippen molar-refractivity contribution < 1.29 is 4.42 Å². The molecule has 3 aromatic heterocycles. The number of nitrogens with zero attached hydrogens (tertiary/aromatic N) is 2. The van der Waals surface area contributed by atoms with Gasteiger partial charge in [-0.3, -0.25) is 0 Å². The predicted molar refractivity (Wildman–Crippen MR) is 94.5 cm³/mol. The fraction of sp³-hybridized carbons (Fsp3) is 0. The number of rotatable bonds is 2. The Morgan fingerprint density at radius 1 is 0.792 bits per heavy atom. The molecule has 24 heavy (non-hydrogen) atoms. The predicted octanol–water partition coefficient (Wildman–Crippen LogP) is 5.04. The summed E-state index contributed by atoms with van der Waals surface area (Å²) in [6.07, 6.45) is 5.23. The minimum atomic E-state index is 0.738. The van der Waals surface area contributed by atoms with Crippen LogP contribution in [0.3, 0.4) is 0 Å². The van der Waals surface area contributed by atoms with Gasteiger partial charge in [-0.2, -0.15) is 0 Å². The van der Waals surface area contributed by atoms with Crippen LogP contribution in [-0.2, 0) is 0 Å². The van der Waals surface area contributed by atoms with E-state index in [0.717, 1.165) is 44.5 Å². The second-order valence-corrected chi connectivity index (χ2v) is 5.73. The second-order valence-electron chi connectivity index (χ2n) is 5.73. The van der Waals surface area contributed by atoms with Crippen LogP contribution >= 0.6 is 0 Å². The maximum Gasteiger partial charge on any atom is 0.159 e. The van der Waals surface area contributed by atoms with E-state index in [1.165, 1.54) is 0 Å². The molecule has 4 nitrogen and oxygen atoms in total. The summed E-state index contributed by atoms with van der Waals surface area (Å²) in [4.78, 5) is 12.1. The summed E-state index contributed by atoms with van der Waals surface area (Å²) in [6.45, 7) is 0. The fourth-order valence-corrected chi connectivity index (χ4v) is 3.01. The third-order valence-electron chi connectivity index (χ3n) is 4.21. The van der Waals surface area contributed by atoms with Crippen molar-refractivity contribution in [2.45, 2.75) is 0 Å². The SMILES string of the molecule is c1cnc(-c2ccc3[nH]c(-c4ccc5occc5c4)cc3c2)nc1. The average molecular weight is 311 g/mol. The van der Waals surface area contributed by atoms with Gasteiger partial charge in [-0.05, 0) is 60.2 Å². The summed E-state index contributed by atoms with van der Waals surface area (Å²) in [5.41, 5.74) is 5.23. The maximum absolute atomic E-state index is 5.41. The molecule has 0 aliphatic heterocycles. The Kier molecular flexibility index (Phi) is 2.76. The van der Waals surface area contributed by atoms with Gasteiger partial charge in [0.2, 0.25) is 0 Å². The number of hydrogen-bond acceptors (Lipinski definition) is 3. The molecule has 0 unspecified atom stereocenters. The zero-order chi connectivity index (χ0) is 15.9. The van der Waals surface area contributed by atoms with Crippen LogP contribution in [0.2, 0.25) is 0 Å². The van der Waals surface area contributed by atoms with E-state index in [2.05, 4.69) is 45.3 Å². The lowest BCUT2D eigenvalue weighted by atomic mass is 10.1. The van der Waals surface area contributed by atoms with Crippen molar-refractivity contribution in [3.8, 4) is 22.6 Å². The summed E-state index contributed by atoms with van der Waals surface area (Å²) in [5, 5.41) is 2.24. The molecule has 0 radical (unpaired) electrons. The molecule has 0 aliphatic rings. The Morgan fingerprint density at radius 2 is 1.62 bits per heavy atom. The van der Waals surface area contributed by atoms with Gasteiger partial charge in [-0.1, -0.05) is 0 Å². The van der Waals surface area contributed by atoms with Crippen LogP contribution < -0.4 is 0 Å². The molecule has 4 heteroatoms. The zero-order valence-corrected chi connectivity index (χ0v) is 12.7. The number of H-pyrrole nitrogens is 1. The first kappa shape index (κ1) is 13.1. The van der Waals surface area contributed by atoms with Gasteiger partial charge >= 0.3 is 0 Å². The Labute approximate surface area is 137 Å². The topological polar surface area (TPSA) is 54.7 Å². The van der Waals surface area contributed by atoms with Crippen LogP contribution in [-0.4, -0.2) is 15.0 Å². The van der Waals surface area contributed by atoms with E-state index in [9.17, 15) is 0 Å². The molecule has 2 aromatic carbocycles. The Hall–Kier alpha value is -3.40. The molecule has 0 aliphatic carbocycles. The van der Waals surface area contributed by atoms with Crippen molar-refractivity contribution in [1.82, 2.24) is 15.0 Å². The van der Waals surface area contributed by atoms with Gasteiger partial charge in [-0.15, -0.1) is 0 Å². The highest BCUT2D eigenvalue weighted by Crippen LogP contribution is 2.29. The minimum Gasteiger partial charge on any atom is -0.464 e. The molecule has 114 valence electrons. The quantitative estimate of drug-likeness (QED) is 0.497. The number of benzene rings is 2. The van der Waals surface area contributed by atoms with E-state index in [-0.39, 0.29) is 0 Å². The van der Waals surface area contributed by atoms with Gasteiger partial charge in [-0.25, -0.2) is 9.97 Å². The molecule has 0 bridgehead atoms. The first-order valence-electron chi connectivity index (χ1n) is 7.75. The number of aromatic amines is 1. The molecule has 5 rings (SSSR count). The van der Waals surface area contributed by atoms with Crippen LogP contribution in [0.4, 0.5) is 0 Å². The fourth-order valence-electron chi connectivity index (χ4n) is 3.01. The van der Waals surface area contributed by atoms with E-state index in [4.69, 9.17) is 4.42 Å². The van der Waals surface area contributed by atoms with E-state index in [0.29, 0.717) is 0 Å². The molecule has 0 spiro atoms. The van der Waals surface area contributed by atoms with Crippen LogP contribution in [0.5, 0.6) is 0 Å². The van der Waals surface area contributed by atoms with Crippen LogP contribution in [0.25, 0.3) is 44.5 Å². The maximum atomic E-state index is 5.41. The van der Waals surface area contributed by atoms with Gasteiger partial charge in [0.05, 0.1) is 6.26 Å². The van der Waals surface area contributed by atoms with Crippen molar-refractivity contribution in [3.63, 3.8) is 0 Å². The van der Waals surface area contributed by atoms with E-state index in [1.807, 2.05) is 24.3 Å². The van der Waals surface area contributed by atoms with E-state index < -0.39 is 0 Å². The van der Waals surface area contributed by atoms with E-state index in [1.54, 1.807) is 18.7 Å². The minimum absolute atomic E-state index is 0.738. The number of fused-ring (bicyclic) bond motifs is 2. The highest BCUT2D eigenvalue weighted by Gasteiger charge is 2.07. The third-order valence-corrected chi connectivity index (χ3v) is 4.21. The highest BCUT2D eigenvalue weighted by molar-refractivity contribution is 5.91. The molecule has 3 heterocycles. The van der Waals surface area contributed by atoms with Crippen molar-refractivity contribution in [3.05, 3.63) is 73.3 Å². The summed E-state index contributed by atoms with van der Waals surface area (Å²) >= 11 is 0. The number of nitrogens with one attached hydrogen (secondary N) is 1. The smallest absolute Gasteiger partial charge is 0.159 e. The molecular weight excluding hydrogens is 298 g/mol. The van der Waals surface area contributed by atoms with Crippen molar-refractivity contribution in [2.24, 2.45) is 0 Å². The van der Waals surface area contributed by atoms with E-state index >= 15 is 0 Å². The Balaban J connectivity index is 1.62. The van der Waals surface area contributed by atoms with Gasteiger partial charge in [0.15, 0.2) is 5.82 Å². The molecular formula is C20H13N3O. The molecule has 5 aromatic rings. The largest absolute Gasteiger partial charge is 0.464 e. The standard InChI is InChI=1S/C20H13N3O/c1-7-21-20(22-8-1)15-2-4-17-16(11-15)12-18(23-17)13-3-5-19-14(10-13)6-9-24-19/h1-12,23H. The van der Waals surface area contributed by atoms with Crippen LogP contribution in [0.15, 0.2) is 77.7 Å². The third kappa shape index (κ3) is 2.08. The zero-order valence-electron chi connectivity index (χ0n) is 12.7. The summed E-state index contributed by atoms with van der Waals surface area (Å²) in [5.74, 6) is 0.738. The summed E-state index contributed by atoms with van der Waals surface area (Å²) in [7, 11) is 0. The lowest BCUT2D eigenvalue weighted by molar-refractivity contribution is 0.616. The molecule has 0 saturated heterocycles. The number of furan rings is 1. The lowest BCUT2D eigenvalue weighted by Crippen LogP contribution is -1.85. The second kappa shape index (κ2) is 5.06. The number of aromatic nitrogens is 3.